The first-order valence-electron chi connectivity index (χ1n) is 3.85. The smallest absolute Gasteiger partial charge is 0.402 e. The fraction of sp³-hybridized carbons (Fsp3) is 1.00. The van der Waals surface area contributed by atoms with Crippen LogP contribution >= 0.6 is 0 Å². The Bertz CT molecular complexity index is 116. The van der Waals surface area contributed by atoms with Crippen LogP contribution in [0.5, 0.6) is 0 Å². The van der Waals surface area contributed by atoms with E-state index in [1.54, 1.807) is 0 Å². The highest BCUT2D eigenvalue weighted by Crippen LogP contribution is 2.28. The van der Waals surface area contributed by atoms with E-state index in [4.69, 9.17) is 14.3 Å². The molecule has 0 spiro atoms. The quantitative estimate of drug-likeness (QED) is 0.495. The minimum atomic E-state index is -0.951. The number of hydrogen-bond acceptors (Lipinski definition) is 3. The molecular weight excluding hydrogens is 131 g/mol. The molecule has 0 bridgehead atoms. The summed E-state index contributed by atoms with van der Waals surface area (Å²) in [6, 6.07) is 0. The molecule has 1 N–H and O–H groups in total. The Morgan fingerprint density at radius 1 is 1.10 bits per heavy atom. The molecule has 56 valence electrons. The lowest BCUT2D eigenvalue weighted by Crippen LogP contribution is -2.25. The van der Waals surface area contributed by atoms with Crippen LogP contribution in [-0.4, -0.2) is 24.6 Å². The van der Waals surface area contributed by atoms with Gasteiger partial charge in [-0.1, -0.05) is 12.8 Å². The van der Waals surface area contributed by atoms with Gasteiger partial charge in [0.05, 0.1) is 12.2 Å². The maximum absolute atomic E-state index is 8.92. The monoisotopic (exact) mass is 142 g/mol. The maximum Gasteiger partial charge on any atom is 0.637 e. The highest BCUT2D eigenvalue weighted by atomic mass is 16.7. The SMILES string of the molecule is OB1OC2CCCCC2O1. The van der Waals surface area contributed by atoms with Crippen molar-refractivity contribution in [1.29, 1.82) is 0 Å². The fourth-order valence-electron chi connectivity index (χ4n) is 1.71. The van der Waals surface area contributed by atoms with E-state index >= 15 is 0 Å². The third-order valence-electron chi connectivity index (χ3n) is 2.22. The van der Waals surface area contributed by atoms with E-state index in [1.807, 2.05) is 0 Å². The van der Waals surface area contributed by atoms with E-state index in [0.29, 0.717) is 0 Å². The summed E-state index contributed by atoms with van der Waals surface area (Å²) in [5.74, 6) is 0. The van der Waals surface area contributed by atoms with E-state index in [2.05, 4.69) is 0 Å². The number of hydrogen-bond donors (Lipinski definition) is 1. The van der Waals surface area contributed by atoms with Gasteiger partial charge in [0.25, 0.3) is 0 Å². The molecule has 2 rings (SSSR count). The molecule has 2 aliphatic rings. The van der Waals surface area contributed by atoms with Crippen molar-refractivity contribution in [2.75, 3.05) is 0 Å². The van der Waals surface area contributed by atoms with Gasteiger partial charge in [-0.25, -0.2) is 0 Å². The van der Waals surface area contributed by atoms with Crippen LogP contribution in [0.15, 0.2) is 0 Å². The summed E-state index contributed by atoms with van der Waals surface area (Å²) in [6.07, 6.45) is 4.84. The normalized spacial score (nSPS) is 39.9. The minimum Gasteiger partial charge on any atom is -0.402 e. The average molecular weight is 142 g/mol. The van der Waals surface area contributed by atoms with Crippen LogP contribution in [0.3, 0.4) is 0 Å². The second-order valence-corrected chi connectivity index (χ2v) is 2.94. The van der Waals surface area contributed by atoms with Crippen molar-refractivity contribution < 1.29 is 14.3 Å². The molecule has 3 nitrogen and oxygen atoms in total. The van der Waals surface area contributed by atoms with Crippen molar-refractivity contribution in [1.82, 2.24) is 0 Å². The summed E-state index contributed by atoms with van der Waals surface area (Å²) in [5, 5.41) is 8.92. The van der Waals surface area contributed by atoms with Crippen LogP contribution < -0.4 is 0 Å². The molecular formula is C6H11BO3. The molecule has 1 aliphatic carbocycles. The van der Waals surface area contributed by atoms with Gasteiger partial charge in [0.2, 0.25) is 0 Å². The van der Waals surface area contributed by atoms with Gasteiger partial charge in [-0.2, -0.15) is 0 Å². The summed E-state index contributed by atoms with van der Waals surface area (Å²) in [7, 11) is -0.951. The van der Waals surface area contributed by atoms with Crippen molar-refractivity contribution in [3.05, 3.63) is 0 Å². The molecule has 1 saturated heterocycles. The van der Waals surface area contributed by atoms with Crippen LogP contribution in [-0.2, 0) is 9.31 Å². The van der Waals surface area contributed by atoms with E-state index in [1.165, 1.54) is 12.8 Å². The first-order chi connectivity index (χ1) is 4.86. The lowest BCUT2D eigenvalue weighted by Gasteiger charge is -2.22. The maximum atomic E-state index is 8.92. The third kappa shape index (κ3) is 1.07. The molecule has 0 aromatic carbocycles. The van der Waals surface area contributed by atoms with Crippen LogP contribution in [0.1, 0.15) is 25.7 Å². The van der Waals surface area contributed by atoms with Crippen LogP contribution in [0.25, 0.3) is 0 Å². The van der Waals surface area contributed by atoms with E-state index in [-0.39, 0.29) is 12.2 Å². The predicted octanol–water partition coefficient (Wildman–Crippen LogP) is 0.322. The van der Waals surface area contributed by atoms with E-state index in [0.717, 1.165) is 12.8 Å². The van der Waals surface area contributed by atoms with Gasteiger partial charge in [-0.3, -0.25) is 0 Å². The third-order valence-corrected chi connectivity index (χ3v) is 2.22. The Kier molecular flexibility index (Phi) is 1.68. The molecule has 1 heterocycles. The Labute approximate surface area is 60.5 Å². The van der Waals surface area contributed by atoms with Gasteiger partial charge in [-0.15, -0.1) is 0 Å². The van der Waals surface area contributed by atoms with Gasteiger partial charge in [0.15, 0.2) is 0 Å². The van der Waals surface area contributed by atoms with Crippen molar-refractivity contribution >= 4 is 7.32 Å². The largest absolute Gasteiger partial charge is 0.637 e. The lowest BCUT2D eigenvalue weighted by molar-refractivity contribution is 0.110. The zero-order valence-corrected chi connectivity index (χ0v) is 5.82. The first kappa shape index (κ1) is 6.64. The van der Waals surface area contributed by atoms with Crippen LogP contribution in [0.4, 0.5) is 0 Å². The standard InChI is InChI=1S/C6H11BO3/c8-7-9-5-3-1-2-4-6(5)10-7/h5-6,8H,1-4H2. The molecule has 4 heteroatoms. The molecule has 0 amide bonds. The van der Waals surface area contributed by atoms with Crippen molar-refractivity contribution in [2.24, 2.45) is 0 Å². The van der Waals surface area contributed by atoms with Crippen LogP contribution in [0, 0.1) is 0 Å². The predicted molar refractivity (Wildman–Crippen MR) is 36.2 cm³/mol. The Balaban J connectivity index is 1.97. The zero-order chi connectivity index (χ0) is 6.97. The molecule has 0 radical (unpaired) electrons. The fourth-order valence-corrected chi connectivity index (χ4v) is 1.71. The zero-order valence-electron chi connectivity index (χ0n) is 5.82. The van der Waals surface area contributed by atoms with Gasteiger partial charge < -0.3 is 14.3 Å². The van der Waals surface area contributed by atoms with Crippen LogP contribution in [0.2, 0.25) is 0 Å². The van der Waals surface area contributed by atoms with Gasteiger partial charge in [0.1, 0.15) is 0 Å². The van der Waals surface area contributed by atoms with Crippen molar-refractivity contribution in [3.8, 4) is 0 Å². The molecule has 1 aliphatic heterocycles. The number of fused-ring (bicyclic) bond motifs is 1. The minimum absolute atomic E-state index is 0.170. The second kappa shape index (κ2) is 2.53. The summed E-state index contributed by atoms with van der Waals surface area (Å²) in [4.78, 5) is 0. The van der Waals surface area contributed by atoms with E-state index < -0.39 is 7.32 Å². The van der Waals surface area contributed by atoms with Gasteiger partial charge >= 0.3 is 7.32 Å². The second-order valence-electron chi connectivity index (χ2n) is 2.94. The Hall–Kier alpha value is -0.0551. The van der Waals surface area contributed by atoms with Crippen molar-refractivity contribution in [3.63, 3.8) is 0 Å². The number of rotatable bonds is 0. The summed E-state index contributed by atoms with van der Waals surface area (Å²) >= 11 is 0. The molecule has 10 heavy (non-hydrogen) atoms. The molecule has 2 unspecified atom stereocenters. The molecule has 2 fully saturated rings. The lowest BCUT2D eigenvalue weighted by atomic mass is 9.95. The van der Waals surface area contributed by atoms with E-state index in [9.17, 15) is 0 Å². The summed E-state index contributed by atoms with van der Waals surface area (Å²) < 4.78 is 10.2. The highest BCUT2D eigenvalue weighted by molar-refractivity contribution is 6.35. The van der Waals surface area contributed by atoms with Gasteiger partial charge in [-0.05, 0) is 12.8 Å². The topological polar surface area (TPSA) is 38.7 Å². The van der Waals surface area contributed by atoms with Gasteiger partial charge in [0, 0.05) is 0 Å². The molecule has 2 atom stereocenters. The molecule has 1 saturated carbocycles. The Morgan fingerprint density at radius 2 is 1.60 bits per heavy atom. The molecule has 0 aromatic rings. The summed E-state index contributed by atoms with van der Waals surface area (Å²) in [6.45, 7) is 0. The first-order valence-corrected chi connectivity index (χ1v) is 3.85. The Morgan fingerprint density at radius 3 is 2.10 bits per heavy atom. The molecule has 0 aromatic heterocycles. The van der Waals surface area contributed by atoms with Crippen molar-refractivity contribution in [2.45, 2.75) is 37.9 Å². The average Bonchev–Trinajstić information content (AvgIpc) is 2.27. The highest BCUT2D eigenvalue weighted by Gasteiger charge is 2.40. The summed E-state index contributed by atoms with van der Waals surface area (Å²) in [5.41, 5.74) is 0.